The van der Waals surface area contributed by atoms with E-state index in [2.05, 4.69) is 26.0 Å². The van der Waals surface area contributed by atoms with E-state index in [4.69, 9.17) is 10.3 Å². The third-order valence-electron chi connectivity index (χ3n) is 8.76. The van der Waals surface area contributed by atoms with Crippen LogP contribution in [0.2, 0.25) is 0 Å². The number of nitriles is 1. The smallest absolute Gasteiger partial charge is 0.256 e. The molecule has 1 saturated carbocycles. The van der Waals surface area contributed by atoms with E-state index in [1.54, 1.807) is 84.5 Å². The van der Waals surface area contributed by atoms with Gasteiger partial charge in [-0.25, -0.2) is 18.4 Å². The van der Waals surface area contributed by atoms with Gasteiger partial charge in [0.2, 0.25) is 10.0 Å². The van der Waals surface area contributed by atoms with Gasteiger partial charge in [0, 0.05) is 73.2 Å². The van der Waals surface area contributed by atoms with Gasteiger partial charge in [-0.1, -0.05) is 30.3 Å². The van der Waals surface area contributed by atoms with Crippen LogP contribution >= 0.6 is 0 Å². The average Bonchev–Trinajstić information content (AvgIpc) is 3.64. The number of carbonyl (C=O) groups is 2. The minimum absolute atomic E-state index is 0.0808. The molecule has 13 heteroatoms. The monoisotopic (exact) mass is 608 g/mol. The van der Waals surface area contributed by atoms with Crippen LogP contribution in [0.25, 0.3) is 0 Å². The SMILES string of the molecule is N#Cc1ccc(C(=O)CC2=NC(Cc3cnc[nH]3)(Cc3cnc[nH]3)C(=O)N2C2[C@H]3CN(S(=O)(=O)c4ccccc4)C[C@H]23)cc1. The van der Waals surface area contributed by atoms with Gasteiger partial charge in [-0.15, -0.1) is 0 Å². The Labute approximate surface area is 253 Å². The minimum atomic E-state index is -3.67. The number of fused-ring (bicyclic) bond motifs is 1. The number of piperidine rings is 1. The molecule has 2 atom stereocenters. The van der Waals surface area contributed by atoms with Gasteiger partial charge in [-0.2, -0.15) is 9.57 Å². The number of nitrogens with one attached hydrogen (secondary N) is 2. The first-order valence-corrected chi connectivity index (χ1v) is 15.7. The first kappa shape index (κ1) is 27.9. The van der Waals surface area contributed by atoms with Crippen molar-refractivity contribution in [3.63, 3.8) is 0 Å². The third-order valence-corrected chi connectivity index (χ3v) is 10.6. The van der Waals surface area contributed by atoms with Gasteiger partial charge < -0.3 is 9.97 Å². The van der Waals surface area contributed by atoms with E-state index in [1.165, 1.54) is 4.31 Å². The Bertz CT molecular complexity index is 1830. The quantitative estimate of drug-likeness (QED) is 0.261. The normalized spacial score (nSPS) is 22.4. The number of amidine groups is 1. The molecular weight excluding hydrogens is 580 g/mol. The number of benzene rings is 2. The van der Waals surface area contributed by atoms with Crippen LogP contribution in [0.4, 0.5) is 0 Å². The number of ketones is 1. The van der Waals surface area contributed by atoms with Crippen molar-refractivity contribution in [2.45, 2.75) is 35.7 Å². The molecule has 3 aliphatic rings. The highest BCUT2D eigenvalue weighted by Crippen LogP contribution is 2.52. The Balaban J connectivity index is 1.20. The number of H-pyrrole nitrogens is 2. The number of imidazole rings is 2. The van der Waals surface area contributed by atoms with Crippen molar-refractivity contribution >= 4 is 27.5 Å². The summed E-state index contributed by atoms with van der Waals surface area (Å²) in [6.45, 7) is 0.558. The molecule has 7 rings (SSSR count). The molecule has 0 bridgehead atoms. The van der Waals surface area contributed by atoms with Crippen LogP contribution in [0.5, 0.6) is 0 Å². The molecule has 1 aliphatic carbocycles. The molecule has 2 fully saturated rings. The maximum atomic E-state index is 14.6. The van der Waals surface area contributed by atoms with Gasteiger partial charge >= 0.3 is 0 Å². The van der Waals surface area contributed by atoms with Crippen LogP contribution in [-0.2, 0) is 27.7 Å². The number of hydrogen-bond acceptors (Lipinski definition) is 8. The number of Topliss-reactive ketones (excluding diaryl/α,β-unsaturated/α-hetero) is 1. The number of amides is 1. The van der Waals surface area contributed by atoms with E-state index in [0.717, 1.165) is 11.4 Å². The summed E-state index contributed by atoms with van der Waals surface area (Å²) < 4.78 is 28.1. The molecule has 2 aliphatic heterocycles. The third kappa shape index (κ3) is 4.82. The molecule has 2 aromatic heterocycles. The lowest BCUT2D eigenvalue weighted by molar-refractivity contribution is -0.132. The van der Waals surface area contributed by atoms with Gasteiger partial charge in [0.1, 0.15) is 5.84 Å². The molecule has 4 aromatic rings. The zero-order valence-corrected chi connectivity index (χ0v) is 24.3. The molecule has 12 nitrogen and oxygen atoms in total. The Morgan fingerprint density at radius 2 is 1.57 bits per heavy atom. The van der Waals surface area contributed by atoms with Crippen LogP contribution < -0.4 is 0 Å². The average molecular weight is 609 g/mol. The van der Waals surface area contributed by atoms with Crippen molar-refractivity contribution in [2.24, 2.45) is 16.8 Å². The van der Waals surface area contributed by atoms with Crippen LogP contribution in [0.3, 0.4) is 0 Å². The van der Waals surface area contributed by atoms with Crippen molar-refractivity contribution < 1.29 is 18.0 Å². The van der Waals surface area contributed by atoms with Crippen LogP contribution in [0.15, 0.2) is 89.5 Å². The summed E-state index contributed by atoms with van der Waals surface area (Å²) in [6, 6.07) is 16.5. The highest BCUT2D eigenvalue weighted by Gasteiger charge is 2.65. The number of aliphatic imine (C=N–C) groups is 1. The number of hydrogen-bond donors (Lipinski definition) is 2. The predicted molar refractivity (Wildman–Crippen MR) is 158 cm³/mol. The Hall–Kier alpha value is -4.93. The first-order chi connectivity index (χ1) is 21.3. The van der Waals surface area contributed by atoms with Gasteiger partial charge in [-0.05, 0) is 24.3 Å². The van der Waals surface area contributed by atoms with Crippen molar-refractivity contribution in [1.29, 1.82) is 5.26 Å². The number of nitrogens with zero attached hydrogens (tertiary/aromatic N) is 6. The zero-order valence-electron chi connectivity index (χ0n) is 23.5. The second-order valence-corrected chi connectivity index (χ2v) is 13.4. The number of carbonyl (C=O) groups excluding carboxylic acids is 2. The number of rotatable bonds is 10. The summed E-state index contributed by atoms with van der Waals surface area (Å²) in [5.74, 6) is -0.268. The molecule has 2 aromatic carbocycles. The van der Waals surface area contributed by atoms with Crippen LogP contribution in [-0.4, -0.2) is 79.8 Å². The fourth-order valence-corrected chi connectivity index (χ4v) is 8.10. The van der Waals surface area contributed by atoms with Gasteiger partial charge in [0.15, 0.2) is 11.3 Å². The lowest BCUT2D eigenvalue weighted by Gasteiger charge is -2.28. The number of aromatic amines is 2. The maximum Gasteiger partial charge on any atom is 0.256 e. The van der Waals surface area contributed by atoms with E-state index in [0.29, 0.717) is 17.0 Å². The summed E-state index contributed by atoms with van der Waals surface area (Å²) in [7, 11) is -3.67. The second kappa shape index (κ2) is 10.7. The Kier molecular flexibility index (Phi) is 6.75. The fourth-order valence-electron chi connectivity index (χ4n) is 6.56. The van der Waals surface area contributed by atoms with Gasteiger partial charge in [-0.3, -0.25) is 19.5 Å². The van der Waals surface area contributed by atoms with E-state index in [9.17, 15) is 18.0 Å². The highest BCUT2D eigenvalue weighted by molar-refractivity contribution is 7.89. The topological polar surface area (TPSA) is 168 Å². The van der Waals surface area contributed by atoms with E-state index >= 15 is 0 Å². The lowest BCUT2D eigenvalue weighted by atomic mass is 9.88. The lowest BCUT2D eigenvalue weighted by Crippen LogP contribution is -2.49. The van der Waals surface area contributed by atoms with E-state index < -0.39 is 15.6 Å². The molecule has 0 spiro atoms. The molecule has 2 N–H and O–H groups in total. The molecule has 1 saturated heterocycles. The van der Waals surface area contributed by atoms with E-state index in [1.807, 2.05) is 0 Å². The van der Waals surface area contributed by atoms with Crippen molar-refractivity contribution in [3.05, 3.63) is 102 Å². The molecule has 0 radical (unpaired) electrons. The standard InChI is InChI=1S/C31H28N8O4S/c32-13-20-6-8-21(9-7-20)27(40)10-28-37-31(11-22-14-33-18-35-22,12-23-15-34-19-36-23)30(41)39(28)29-25-16-38(17-26(25)29)44(42,43)24-4-2-1-3-5-24/h1-9,14-15,18-19,25-26,29H,10-12,16-17H2,(H,33,35)(H,34,36)/t25-,26-/m0/s1. The molecule has 0 unspecified atom stereocenters. The summed E-state index contributed by atoms with van der Waals surface area (Å²) in [4.78, 5) is 49.4. The summed E-state index contributed by atoms with van der Waals surface area (Å²) in [5.41, 5.74) is 1.03. The maximum absolute atomic E-state index is 14.6. The number of sulfonamides is 1. The fraction of sp³-hybridized carbons (Fsp3) is 0.290. The summed E-state index contributed by atoms with van der Waals surface area (Å²) in [6.07, 6.45) is 6.73. The molecule has 1 amide bonds. The number of aromatic nitrogens is 4. The summed E-state index contributed by atoms with van der Waals surface area (Å²) in [5, 5.41) is 9.16. The highest BCUT2D eigenvalue weighted by atomic mass is 32.2. The van der Waals surface area contributed by atoms with Crippen LogP contribution in [0.1, 0.15) is 33.7 Å². The summed E-state index contributed by atoms with van der Waals surface area (Å²) >= 11 is 0. The van der Waals surface area contributed by atoms with E-state index in [-0.39, 0.29) is 66.8 Å². The van der Waals surface area contributed by atoms with Crippen molar-refractivity contribution in [3.8, 4) is 6.07 Å². The van der Waals surface area contributed by atoms with Gasteiger partial charge in [0.25, 0.3) is 5.91 Å². The van der Waals surface area contributed by atoms with Gasteiger partial charge in [0.05, 0.1) is 35.6 Å². The first-order valence-electron chi connectivity index (χ1n) is 14.2. The predicted octanol–water partition coefficient (Wildman–Crippen LogP) is 2.36. The minimum Gasteiger partial charge on any atom is -0.348 e. The molecule has 4 heterocycles. The molecular formula is C31H28N8O4S. The Morgan fingerprint density at radius 3 is 2.11 bits per heavy atom. The molecule has 222 valence electrons. The largest absolute Gasteiger partial charge is 0.348 e. The second-order valence-electron chi connectivity index (χ2n) is 11.5. The molecule has 44 heavy (non-hydrogen) atoms. The van der Waals surface area contributed by atoms with Crippen molar-refractivity contribution in [1.82, 2.24) is 29.1 Å². The zero-order chi connectivity index (χ0) is 30.5. The Morgan fingerprint density at radius 1 is 0.955 bits per heavy atom. The van der Waals surface area contributed by atoms with Crippen molar-refractivity contribution in [2.75, 3.05) is 13.1 Å². The van der Waals surface area contributed by atoms with Crippen LogP contribution in [0, 0.1) is 23.2 Å².